The van der Waals surface area contributed by atoms with E-state index in [1.165, 1.54) is 0 Å². The Morgan fingerprint density at radius 1 is 0.485 bits per heavy atom. The third-order valence-corrected chi connectivity index (χ3v) is 5.65. The third kappa shape index (κ3) is 3.92. The number of benzene rings is 4. The van der Waals surface area contributed by atoms with Crippen molar-refractivity contribution in [2.24, 2.45) is 0 Å². The molecule has 0 aliphatic rings. The number of nitrogens with one attached hydrogen (secondary N) is 1. The zero-order valence-electron chi connectivity index (χ0n) is 17.9. The molecule has 5 aromatic rings. The van der Waals surface area contributed by atoms with Crippen molar-refractivity contribution < 1.29 is 9.59 Å². The van der Waals surface area contributed by atoms with Crippen LogP contribution in [0.15, 0.2) is 121 Å². The molecule has 0 unspecified atom stereocenters. The summed E-state index contributed by atoms with van der Waals surface area (Å²) in [6, 6.07) is 37.6. The minimum atomic E-state index is -0.154. The Labute approximate surface area is 192 Å². The smallest absolute Gasteiger partial charge is 0.209 e. The van der Waals surface area contributed by atoms with Gasteiger partial charge in [0, 0.05) is 16.7 Å². The van der Waals surface area contributed by atoms with E-state index >= 15 is 0 Å². The van der Waals surface area contributed by atoms with Crippen molar-refractivity contribution in [3.63, 3.8) is 0 Å². The molecule has 0 atom stereocenters. The Morgan fingerprint density at radius 2 is 0.909 bits per heavy atom. The molecule has 4 aromatic carbocycles. The molecule has 1 heterocycles. The van der Waals surface area contributed by atoms with Gasteiger partial charge in [-0.2, -0.15) is 0 Å². The number of carbonyl (C=O) groups excluding carboxylic acids is 2. The summed E-state index contributed by atoms with van der Waals surface area (Å²) in [6.07, 6.45) is 0. The standard InChI is InChI=1S/C30H21NO2/c32-29(23-17-9-3-10-18-23)26-25(21-13-5-1-6-14-21)28(30(33)24-19-11-4-12-20-24)31-27(26)22-15-7-2-8-16-22/h1-20,31H. The molecular formula is C30H21NO2. The van der Waals surface area contributed by atoms with Gasteiger partial charge in [-0.1, -0.05) is 121 Å². The zero-order chi connectivity index (χ0) is 22.6. The van der Waals surface area contributed by atoms with E-state index in [0.717, 1.165) is 11.1 Å². The fraction of sp³-hybridized carbons (Fsp3) is 0. The first-order valence-electron chi connectivity index (χ1n) is 10.8. The van der Waals surface area contributed by atoms with Crippen molar-refractivity contribution >= 4 is 11.6 Å². The summed E-state index contributed by atoms with van der Waals surface area (Å²) in [5.41, 5.74) is 4.97. The van der Waals surface area contributed by atoms with E-state index in [0.29, 0.717) is 33.6 Å². The number of H-pyrrole nitrogens is 1. The van der Waals surface area contributed by atoms with E-state index in [1.807, 2.05) is 97.1 Å². The van der Waals surface area contributed by atoms with Gasteiger partial charge in [0.05, 0.1) is 17.0 Å². The second-order valence-corrected chi connectivity index (χ2v) is 7.75. The summed E-state index contributed by atoms with van der Waals surface area (Å²) in [6.45, 7) is 0. The van der Waals surface area contributed by atoms with Crippen LogP contribution in [-0.4, -0.2) is 16.6 Å². The summed E-state index contributed by atoms with van der Waals surface area (Å²) in [5.74, 6) is -0.282. The molecule has 158 valence electrons. The van der Waals surface area contributed by atoms with Crippen LogP contribution in [0.3, 0.4) is 0 Å². The molecule has 5 rings (SSSR count). The highest BCUT2D eigenvalue weighted by Crippen LogP contribution is 2.38. The van der Waals surface area contributed by atoms with Gasteiger partial charge in [0.25, 0.3) is 0 Å². The van der Waals surface area contributed by atoms with E-state index in [9.17, 15) is 9.59 Å². The highest BCUT2D eigenvalue weighted by Gasteiger charge is 2.29. The van der Waals surface area contributed by atoms with E-state index in [1.54, 1.807) is 24.3 Å². The lowest BCUT2D eigenvalue weighted by Crippen LogP contribution is -2.06. The van der Waals surface area contributed by atoms with E-state index in [4.69, 9.17) is 0 Å². The second kappa shape index (κ2) is 8.93. The third-order valence-electron chi connectivity index (χ3n) is 5.65. The van der Waals surface area contributed by atoms with Gasteiger partial charge >= 0.3 is 0 Å². The molecule has 0 saturated heterocycles. The average Bonchev–Trinajstić information content (AvgIpc) is 3.30. The maximum Gasteiger partial charge on any atom is 0.209 e. The first-order valence-corrected chi connectivity index (χ1v) is 10.8. The molecular weight excluding hydrogens is 406 g/mol. The minimum absolute atomic E-state index is 0.128. The molecule has 0 aliphatic heterocycles. The van der Waals surface area contributed by atoms with Crippen LogP contribution in [0.25, 0.3) is 22.4 Å². The zero-order valence-corrected chi connectivity index (χ0v) is 17.9. The summed E-state index contributed by atoms with van der Waals surface area (Å²) < 4.78 is 0. The van der Waals surface area contributed by atoms with Crippen LogP contribution in [0.1, 0.15) is 32.0 Å². The molecule has 33 heavy (non-hydrogen) atoms. The minimum Gasteiger partial charge on any atom is -0.351 e. The van der Waals surface area contributed by atoms with Crippen molar-refractivity contribution in [1.29, 1.82) is 0 Å². The number of hydrogen-bond donors (Lipinski definition) is 1. The maximum atomic E-state index is 13.9. The average molecular weight is 428 g/mol. The maximum absolute atomic E-state index is 13.9. The SMILES string of the molecule is O=C(c1ccccc1)c1[nH]c(-c2ccccc2)c(C(=O)c2ccccc2)c1-c1ccccc1. The van der Waals surface area contributed by atoms with Crippen molar-refractivity contribution in [3.8, 4) is 22.4 Å². The number of ketones is 2. The Hall–Kier alpha value is -4.50. The first kappa shape index (κ1) is 20.4. The van der Waals surface area contributed by atoms with Gasteiger partial charge in [0.15, 0.2) is 5.78 Å². The predicted molar refractivity (Wildman–Crippen MR) is 131 cm³/mol. The molecule has 0 amide bonds. The molecule has 0 saturated carbocycles. The second-order valence-electron chi connectivity index (χ2n) is 7.75. The van der Waals surface area contributed by atoms with Crippen LogP contribution >= 0.6 is 0 Å². The highest BCUT2D eigenvalue weighted by atomic mass is 16.1. The fourth-order valence-electron chi connectivity index (χ4n) is 4.08. The van der Waals surface area contributed by atoms with Crippen LogP contribution < -0.4 is 0 Å². The lowest BCUT2D eigenvalue weighted by molar-refractivity contribution is 0.103. The lowest BCUT2D eigenvalue weighted by atomic mass is 9.91. The van der Waals surface area contributed by atoms with Gasteiger partial charge < -0.3 is 4.98 Å². The summed E-state index contributed by atoms with van der Waals surface area (Å²) in [7, 11) is 0. The van der Waals surface area contributed by atoms with Crippen molar-refractivity contribution in [2.45, 2.75) is 0 Å². The predicted octanol–water partition coefficient (Wildman–Crippen LogP) is 6.81. The van der Waals surface area contributed by atoms with Gasteiger partial charge in [0.2, 0.25) is 5.78 Å². The quantitative estimate of drug-likeness (QED) is 0.303. The van der Waals surface area contributed by atoms with Crippen LogP contribution in [0.4, 0.5) is 0 Å². The number of aromatic amines is 1. The number of rotatable bonds is 6. The van der Waals surface area contributed by atoms with E-state index < -0.39 is 0 Å². The number of carbonyl (C=O) groups is 2. The molecule has 0 radical (unpaired) electrons. The number of aromatic nitrogens is 1. The van der Waals surface area contributed by atoms with Gasteiger partial charge in [-0.25, -0.2) is 0 Å². The molecule has 0 aliphatic carbocycles. The van der Waals surface area contributed by atoms with E-state index in [-0.39, 0.29) is 11.6 Å². The molecule has 3 nitrogen and oxygen atoms in total. The van der Waals surface area contributed by atoms with Crippen molar-refractivity contribution in [1.82, 2.24) is 4.98 Å². The topological polar surface area (TPSA) is 49.9 Å². The summed E-state index contributed by atoms with van der Waals surface area (Å²) in [5, 5.41) is 0. The molecule has 1 N–H and O–H groups in total. The van der Waals surface area contributed by atoms with Gasteiger partial charge in [0.1, 0.15) is 0 Å². The normalized spacial score (nSPS) is 10.7. The highest BCUT2D eigenvalue weighted by molar-refractivity contribution is 6.22. The first-order chi connectivity index (χ1) is 16.2. The van der Waals surface area contributed by atoms with E-state index in [2.05, 4.69) is 4.98 Å². The molecule has 0 spiro atoms. The Bertz CT molecular complexity index is 1400. The van der Waals surface area contributed by atoms with Crippen LogP contribution in [0.5, 0.6) is 0 Å². The Morgan fingerprint density at radius 3 is 1.42 bits per heavy atom. The number of hydrogen-bond acceptors (Lipinski definition) is 2. The summed E-state index contributed by atoms with van der Waals surface area (Å²) in [4.78, 5) is 30.9. The van der Waals surface area contributed by atoms with Crippen LogP contribution in [0.2, 0.25) is 0 Å². The van der Waals surface area contributed by atoms with Gasteiger partial charge in [-0.05, 0) is 11.1 Å². The molecule has 3 heteroatoms. The van der Waals surface area contributed by atoms with Crippen molar-refractivity contribution in [2.75, 3.05) is 0 Å². The lowest BCUT2D eigenvalue weighted by Gasteiger charge is -2.09. The largest absolute Gasteiger partial charge is 0.351 e. The van der Waals surface area contributed by atoms with Gasteiger partial charge in [-0.15, -0.1) is 0 Å². The van der Waals surface area contributed by atoms with Gasteiger partial charge in [-0.3, -0.25) is 9.59 Å². The monoisotopic (exact) mass is 427 g/mol. The molecule has 0 bridgehead atoms. The Balaban J connectivity index is 1.83. The fourth-order valence-corrected chi connectivity index (χ4v) is 4.08. The van der Waals surface area contributed by atoms with Crippen molar-refractivity contribution in [3.05, 3.63) is 144 Å². The molecule has 0 fully saturated rings. The van der Waals surface area contributed by atoms with Crippen LogP contribution in [-0.2, 0) is 0 Å². The summed E-state index contributed by atoms with van der Waals surface area (Å²) >= 11 is 0. The Kier molecular flexibility index (Phi) is 5.52. The van der Waals surface area contributed by atoms with Crippen LogP contribution in [0, 0.1) is 0 Å². The molecule has 1 aromatic heterocycles.